The molecule has 1 fully saturated rings. The number of amides is 1. The standard InChI is InChI=1S/C19H20N4O/c1-22-10-12-23(13-11-22)19(24)15-7-3-2-6-14(15)18-20-16-8-4-5-9-17(16)21-18/h2-9H,10-13H2,1H3,(H,20,21). The highest BCUT2D eigenvalue weighted by atomic mass is 16.2. The average molecular weight is 320 g/mol. The Morgan fingerprint density at radius 1 is 1.00 bits per heavy atom. The van der Waals surface area contributed by atoms with Crippen LogP contribution < -0.4 is 0 Å². The van der Waals surface area contributed by atoms with Crippen molar-refractivity contribution in [1.29, 1.82) is 0 Å². The first-order valence-corrected chi connectivity index (χ1v) is 8.24. The van der Waals surface area contributed by atoms with Crippen molar-refractivity contribution >= 4 is 16.9 Å². The lowest BCUT2D eigenvalue weighted by Gasteiger charge is -2.32. The van der Waals surface area contributed by atoms with Gasteiger partial charge < -0.3 is 14.8 Å². The predicted octanol–water partition coefficient (Wildman–Crippen LogP) is 2.62. The maximum Gasteiger partial charge on any atom is 0.254 e. The third-order valence-electron chi connectivity index (χ3n) is 4.59. The number of piperazine rings is 1. The number of carbonyl (C=O) groups excluding carboxylic acids is 1. The van der Waals surface area contributed by atoms with Crippen LogP contribution >= 0.6 is 0 Å². The molecule has 0 atom stereocenters. The molecule has 0 bridgehead atoms. The molecule has 1 aromatic heterocycles. The van der Waals surface area contributed by atoms with Crippen LogP contribution in [0.4, 0.5) is 0 Å². The minimum atomic E-state index is 0.0826. The van der Waals surface area contributed by atoms with Gasteiger partial charge in [0.05, 0.1) is 16.6 Å². The highest BCUT2D eigenvalue weighted by Gasteiger charge is 2.23. The third-order valence-corrected chi connectivity index (χ3v) is 4.59. The van der Waals surface area contributed by atoms with Crippen LogP contribution in [-0.4, -0.2) is 58.9 Å². The number of H-pyrrole nitrogens is 1. The number of hydrogen-bond acceptors (Lipinski definition) is 3. The van der Waals surface area contributed by atoms with Gasteiger partial charge in [0, 0.05) is 31.7 Å². The molecule has 1 N–H and O–H groups in total. The Bertz CT molecular complexity index is 845. The number of benzene rings is 2. The molecule has 3 aromatic rings. The van der Waals surface area contributed by atoms with Gasteiger partial charge in [-0.1, -0.05) is 30.3 Å². The summed E-state index contributed by atoms with van der Waals surface area (Å²) < 4.78 is 0. The van der Waals surface area contributed by atoms with Crippen molar-refractivity contribution in [3.05, 3.63) is 54.1 Å². The van der Waals surface area contributed by atoms with Crippen molar-refractivity contribution < 1.29 is 4.79 Å². The van der Waals surface area contributed by atoms with E-state index in [-0.39, 0.29) is 5.91 Å². The Labute approximate surface area is 140 Å². The van der Waals surface area contributed by atoms with Crippen molar-refractivity contribution in [2.24, 2.45) is 0 Å². The van der Waals surface area contributed by atoms with Crippen molar-refractivity contribution in [2.75, 3.05) is 33.2 Å². The fraction of sp³-hybridized carbons (Fsp3) is 0.263. The molecule has 0 radical (unpaired) electrons. The molecule has 1 aliphatic rings. The summed E-state index contributed by atoms with van der Waals surface area (Å²) in [5.74, 6) is 0.827. The van der Waals surface area contributed by atoms with Gasteiger partial charge in [0.1, 0.15) is 5.82 Å². The smallest absolute Gasteiger partial charge is 0.254 e. The van der Waals surface area contributed by atoms with Crippen LogP contribution in [0.25, 0.3) is 22.4 Å². The van der Waals surface area contributed by atoms with Gasteiger partial charge in [0.2, 0.25) is 0 Å². The SMILES string of the molecule is CN1CCN(C(=O)c2ccccc2-c2nc3ccccc3[nH]2)CC1. The molecule has 0 unspecified atom stereocenters. The maximum atomic E-state index is 13.0. The molecule has 0 saturated carbocycles. The topological polar surface area (TPSA) is 52.2 Å². The molecular formula is C19H20N4O. The lowest BCUT2D eigenvalue weighted by molar-refractivity contribution is 0.0665. The monoisotopic (exact) mass is 320 g/mol. The Hall–Kier alpha value is -2.66. The Balaban J connectivity index is 1.71. The van der Waals surface area contributed by atoms with Gasteiger partial charge in [-0.15, -0.1) is 0 Å². The van der Waals surface area contributed by atoms with Gasteiger partial charge in [0.15, 0.2) is 0 Å². The van der Waals surface area contributed by atoms with Gasteiger partial charge in [0.25, 0.3) is 5.91 Å². The van der Waals surface area contributed by atoms with Crippen molar-refractivity contribution in [2.45, 2.75) is 0 Å². The summed E-state index contributed by atoms with van der Waals surface area (Å²) in [5, 5.41) is 0. The zero-order valence-electron chi connectivity index (χ0n) is 13.7. The van der Waals surface area contributed by atoms with Crippen LogP contribution in [0.5, 0.6) is 0 Å². The van der Waals surface area contributed by atoms with Crippen LogP contribution in [0.1, 0.15) is 10.4 Å². The van der Waals surface area contributed by atoms with Crippen LogP contribution in [-0.2, 0) is 0 Å². The van der Waals surface area contributed by atoms with Gasteiger partial charge in [-0.3, -0.25) is 4.79 Å². The molecule has 2 aromatic carbocycles. The first-order valence-electron chi connectivity index (χ1n) is 8.24. The first-order chi connectivity index (χ1) is 11.7. The number of imidazole rings is 1. The fourth-order valence-corrected chi connectivity index (χ4v) is 3.14. The molecule has 5 heteroatoms. The van der Waals surface area contributed by atoms with Crippen LogP contribution in [0.2, 0.25) is 0 Å². The van der Waals surface area contributed by atoms with E-state index in [4.69, 9.17) is 0 Å². The molecule has 2 heterocycles. The zero-order chi connectivity index (χ0) is 16.5. The molecule has 4 rings (SSSR count). The van der Waals surface area contributed by atoms with Crippen LogP contribution in [0.3, 0.4) is 0 Å². The number of hydrogen-bond donors (Lipinski definition) is 1. The summed E-state index contributed by atoms with van der Waals surface area (Å²) in [5.41, 5.74) is 3.46. The highest BCUT2D eigenvalue weighted by Crippen LogP contribution is 2.25. The number of likely N-dealkylation sites (N-methyl/N-ethyl adjacent to an activating group) is 1. The second-order valence-corrected chi connectivity index (χ2v) is 6.24. The summed E-state index contributed by atoms with van der Waals surface area (Å²) in [6.45, 7) is 3.37. The number of aromatic amines is 1. The second-order valence-electron chi connectivity index (χ2n) is 6.24. The quantitative estimate of drug-likeness (QED) is 0.790. The summed E-state index contributed by atoms with van der Waals surface area (Å²) >= 11 is 0. The van der Waals surface area contributed by atoms with Gasteiger partial charge in [-0.2, -0.15) is 0 Å². The summed E-state index contributed by atoms with van der Waals surface area (Å²) in [4.78, 5) is 25.1. The van der Waals surface area contributed by atoms with Crippen LogP contribution in [0, 0.1) is 0 Å². The normalized spacial score (nSPS) is 15.8. The lowest BCUT2D eigenvalue weighted by atomic mass is 10.1. The number of carbonyl (C=O) groups is 1. The van der Waals surface area contributed by atoms with E-state index in [1.807, 2.05) is 53.4 Å². The van der Waals surface area contributed by atoms with Crippen molar-refractivity contribution in [3.8, 4) is 11.4 Å². The predicted molar refractivity (Wildman–Crippen MR) is 94.9 cm³/mol. The molecule has 1 saturated heterocycles. The minimum Gasteiger partial charge on any atom is -0.338 e. The largest absolute Gasteiger partial charge is 0.338 e. The molecule has 0 aliphatic carbocycles. The number of aromatic nitrogens is 2. The molecule has 5 nitrogen and oxygen atoms in total. The van der Waals surface area contributed by atoms with E-state index in [2.05, 4.69) is 21.9 Å². The Morgan fingerprint density at radius 2 is 1.71 bits per heavy atom. The Morgan fingerprint density at radius 3 is 2.50 bits per heavy atom. The third kappa shape index (κ3) is 2.67. The minimum absolute atomic E-state index is 0.0826. The molecule has 122 valence electrons. The van der Waals surface area contributed by atoms with E-state index < -0.39 is 0 Å². The van der Waals surface area contributed by atoms with Gasteiger partial charge in [-0.05, 0) is 25.2 Å². The van der Waals surface area contributed by atoms with Crippen molar-refractivity contribution in [1.82, 2.24) is 19.8 Å². The molecule has 1 amide bonds. The summed E-state index contributed by atoms with van der Waals surface area (Å²) in [7, 11) is 2.09. The van der Waals surface area contributed by atoms with Crippen LogP contribution in [0.15, 0.2) is 48.5 Å². The summed E-state index contributed by atoms with van der Waals surface area (Å²) in [6.07, 6.45) is 0. The fourth-order valence-electron chi connectivity index (χ4n) is 3.14. The molecule has 0 spiro atoms. The highest BCUT2D eigenvalue weighted by molar-refractivity contribution is 6.00. The maximum absolute atomic E-state index is 13.0. The number of nitrogens with one attached hydrogen (secondary N) is 1. The molecular weight excluding hydrogens is 300 g/mol. The second kappa shape index (κ2) is 6.09. The summed E-state index contributed by atoms with van der Waals surface area (Å²) in [6, 6.07) is 15.6. The zero-order valence-corrected chi connectivity index (χ0v) is 13.7. The first kappa shape index (κ1) is 14.9. The number of fused-ring (bicyclic) bond motifs is 1. The Kier molecular flexibility index (Phi) is 3.78. The number of nitrogens with zero attached hydrogens (tertiary/aromatic N) is 3. The number of rotatable bonds is 2. The van der Waals surface area contributed by atoms with Gasteiger partial charge >= 0.3 is 0 Å². The van der Waals surface area contributed by atoms with E-state index in [9.17, 15) is 4.79 Å². The van der Waals surface area contributed by atoms with E-state index in [0.717, 1.165) is 48.6 Å². The lowest BCUT2D eigenvalue weighted by Crippen LogP contribution is -2.47. The van der Waals surface area contributed by atoms with E-state index in [1.54, 1.807) is 0 Å². The molecule has 1 aliphatic heterocycles. The average Bonchev–Trinajstić information content (AvgIpc) is 3.06. The number of para-hydroxylation sites is 2. The molecule has 24 heavy (non-hydrogen) atoms. The van der Waals surface area contributed by atoms with E-state index in [1.165, 1.54) is 0 Å². The van der Waals surface area contributed by atoms with Gasteiger partial charge in [-0.25, -0.2) is 4.98 Å². The van der Waals surface area contributed by atoms with E-state index in [0.29, 0.717) is 5.56 Å². The van der Waals surface area contributed by atoms with Crippen molar-refractivity contribution in [3.63, 3.8) is 0 Å². The van der Waals surface area contributed by atoms with E-state index >= 15 is 0 Å².